The van der Waals surface area contributed by atoms with Crippen LogP contribution in [0, 0.1) is 0 Å². The number of hydrogen-bond donors (Lipinski definition) is 1. The first kappa shape index (κ1) is 23.8. The minimum atomic E-state index is -0.876. The maximum Gasteiger partial charge on any atom is 0.301 e. The number of carbonyl (C=O) groups is 2. The molecule has 1 fully saturated rings. The highest BCUT2D eigenvalue weighted by atomic mass is 35.5. The Hall–Kier alpha value is -2.39. The van der Waals surface area contributed by atoms with Crippen LogP contribution in [-0.4, -0.2) is 32.7 Å². The number of halogens is 2. The molecule has 6 nitrogen and oxygen atoms in total. The van der Waals surface area contributed by atoms with E-state index in [-0.39, 0.29) is 11.3 Å². The number of benzene rings is 2. The number of thioether (sulfide) groups is 1. The highest BCUT2D eigenvalue weighted by molar-refractivity contribution is 8.01. The number of nitrogens with zero attached hydrogens (tertiary/aromatic N) is 3. The molecular formula is C23H19Cl2N3O3S2. The van der Waals surface area contributed by atoms with Gasteiger partial charge in [0.25, 0.3) is 5.78 Å². The van der Waals surface area contributed by atoms with Gasteiger partial charge in [-0.05, 0) is 48.4 Å². The summed E-state index contributed by atoms with van der Waals surface area (Å²) in [7, 11) is 0. The van der Waals surface area contributed by atoms with E-state index in [1.54, 1.807) is 60.3 Å². The van der Waals surface area contributed by atoms with E-state index < -0.39 is 17.7 Å². The van der Waals surface area contributed by atoms with E-state index in [1.807, 2.05) is 0 Å². The Morgan fingerprint density at radius 1 is 1.06 bits per heavy atom. The first-order valence-electron chi connectivity index (χ1n) is 10.2. The smallest absolute Gasteiger partial charge is 0.301 e. The highest BCUT2D eigenvalue weighted by Crippen LogP contribution is 2.44. The summed E-state index contributed by atoms with van der Waals surface area (Å²) < 4.78 is 0.716. The number of carbonyl (C=O) groups excluding carboxylic acids is 2. The molecule has 1 atom stereocenters. The second-order valence-electron chi connectivity index (χ2n) is 7.28. The lowest BCUT2D eigenvalue weighted by atomic mass is 9.95. The van der Waals surface area contributed by atoms with Crippen LogP contribution in [0.25, 0.3) is 5.76 Å². The van der Waals surface area contributed by atoms with Gasteiger partial charge in [0, 0.05) is 21.4 Å². The summed E-state index contributed by atoms with van der Waals surface area (Å²) in [5.74, 6) is -0.958. The van der Waals surface area contributed by atoms with Crippen molar-refractivity contribution in [1.29, 1.82) is 0 Å². The van der Waals surface area contributed by atoms with Gasteiger partial charge in [-0.15, -0.1) is 10.2 Å². The van der Waals surface area contributed by atoms with E-state index in [0.717, 1.165) is 18.6 Å². The summed E-state index contributed by atoms with van der Waals surface area (Å²) in [6.45, 7) is 2.11. The molecule has 0 saturated carbocycles. The molecular weight excluding hydrogens is 501 g/mol. The van der Waals surface area contributed by atoms with Crippen molar-refractivity contribution >= 4 is 68.9 Å². The molecule has 2 aromatic carbocycles. The fraction of sp³-hybridized carbons (Fsp3) is 0.217. The zero-order valence-corrected chi connectivity index (χ0v) is 20.6. The van der Waals surface area contributed by atoms with Gasteiger partial charge >= 0.3 is 5.91 Å². The number of aliphatic hydroxyl groups is 1. The second kappa shape index (κ2) is 10.3. The number of amides is 1. The third-order valence-electron chi connectivity index (χ3n) is 5.07. The van der Waals surface area contributed by atoms with Crippen molar-refractivity contribution in [2.24, 2.45) is 0 Å². The van der Waals surface area contributed by atoms with Gasteiger partial charge in [0.05, 0.1) is 11.6 Å². The van der Waals surface area contributed by atoms with E-state index in [1.165, 1.54) is 16.2 Å². The maximum atomic E-state index is 13.1. The Balaban J connectivity index is 1.81. The topological polar surface area (TPSA) is 83.4 Å². The largest absolute Gasteiger partial charge is 0.507 e. The van der Waals surface area contributed by atoms with Crippen molar-refractivity contribution in [2.75, 3.05) is 10.7 Å². The predicted molar refractivity (Wildman–Crippen MR) is 133 cm³/mol. The molecule has 0 radical (unpaired) electrons. The van der Waals surface area contributed by atoms with Crippen LogP contribution in [0.1, 0.15) is 36.9 Å². The second-order valence-corrected chi connectivity index (χ2v) is 10.5. The third kappa shape index (κ3) is 4.94. The zero-order valence-electron chi connectivity index (χ0n) is 17.5. The number of hydrogen-bond acceptors (Lipinski definition) is 7. The highest BCUT2D eigenvalue weighted by Gasteiger charge is 2.48. The maximum absolute atomic E-state index is 13.1. The summed E-state index contributed by atoms with van der Waals surface area (Å²) in [5.41, 5.74) is 0.967. The Labute approximate surface area is 209 Å². The molecule has 33 heavy (non-hydrogen) atoms. The number of unbranched alkanes of at least 4 members (excludes halogenated alkanes) is 1. The molecule has 1 N–H and O–H groups in total. The first-order chi connectivity index (χ1) is 15.9. The number of aliphatic hydroxyl groups excluding tert-OH is 1. The fourth-order valence-electron chi connectivity index (χ4n) is 3.42. The first-order valence-corrected chi connectivity index (χ1v) is 12.7. The van der Waals surface area contributed by atoms with E-state index in [0.29, 0.717) is 30.6 Å². The molecule has 1 aromatic heterocycles. The lowest BCUT2D eigenvalue weighted by molar-refractivity contribution is -0.132. The molecule has 10 heteroatoms. The molecule has 1 unspecified atom stereocenters. The zero-order chi connectivity index (χ0) is 23.5. The molecule has 0 bridgehead atoms. The van der Waals surface area contributed by atoms with Gasteiger partial charge in [0.1, 0.15) is 5.76 Å². The van der Waals surface area contributed by atoms with Crippen LogP contribution in [0.5, 0.6) is 0 Å². The van der Waals surface area contributed by atoms with E-state index in [4.69, 9.17) is 23.2 Å². The molecule has 4 rings (SSSR count). The minimum absolute atomic E-state index is 0.0277. The summed E-state index contributed by atoms with van der Waals surface area (Å²) in [4.78, 5) is 27.6. The molecule has 1 saturated heterocycles. The number of ketones is 1. The van der Waals surface area contributed by atoms with Crippen LogP contribution in [0.15, 0.2) is 58.4 Å². The van der Waals surface area contributed by atoms with Gasteiger partial charge < -0.3 is 5.11 Å². The van der Waals surface area contributed by atoms with Crippen molar-refractivity contribution in [2.45, 2.75) is 30.1 Å². The molecule has 1 aliphatic rings. The summed E-state index contributed by atoms with van der Waals surface area (Å²) >= 11 is 14.8. The van der Waals surface area contributed by atoms with Gasteiger partial charge in [-0.25, -0.2) is 0 Å². The molecule has 1 aliphatic heterocycles. The Morgan fingerprint density at radius 2 is 1.70 bits per heavy atom. The Kier molecular flexibility index (Phi) is 7.38. The van der Waals surface area contributed by atoms with Gasteiger partial charge in [-0.1, -0.05) is 71.8 Å². The standard InChI is InChI=1S/C23H19Cl2N3O3S2/c1-2-3-12-32-23-27-26-22(33-23)28-18(13-4-8-15(24)9-5-13)17(20(30)21(28)31)19(29)14-6-10-16(25)11-7-14/h4-11,18,29H,2-3,12H2,1H3/b19-17+. The predicted octanol–water partition coefficient (Wildman–Crippen LogP) is 6.36. The number of Topliss-reactive ketones (excluding diaryl/α,β-unsaturated/α-hetero) is 1. The van der Waals surface area contributed by atoms with E-state index in [9.17, 15) is 14.7 Å². The van der Waals surface area contributed by atoms with Crippen molar-refractivity contribution in [3.8, 4) is 0 Å². The van der Waals surface area contributed by atoms with Crippen LogP contribution in [0.4, 0.5) is 5.13 Å². The van der Waals surface area contributed by atoms with Gasteiger partial charge in [-0.2, -0.15) is 0 Å². The van der Waals surface area contributed by atoms with Crippen LogP contribution in [0.3, 0.4) is 0 Å². The SMILES string of the molecule is CCCCSc1nnc(N2C(=O)C(=O)/C(=C(/O)c3ccc(Cl)cc3)C2c2ccc(Cl)cc2)s1. The summed E-state index contributed by atoms with van der Waals surface area (Å²) in [5, 5.41) is 20.7. The molecule has 3 aromatic rings. The molecule has 0 spiro atoms. The number of rotatable bonds is 7. The summed E-state index contributed by atoms with van der Waals surface area (Å²) in [6, 6.07) is 12.3. The van der Waals surface area contributed by atoms with Gasteiger partial charge in [-0.3, -0.25) is 14.5 Å². The molecule has 0 aliphatic carbocycles. The minimum Gasteiger partial charge on any atom is -0.507 e. The van der Waals surface area contributed by atoms with Gasteiger partial charge in [0.2, 0.25) is 5.13 Å². The van der Waals surface area contributed by atoms with Gasteiger partial charge in [0.15, 0.2) is 4.34 Å². The lowest BCUT2D eigenvalue weighted by Gasteiger charge is -2.22. The van der Waals surface area contributed by atoms with Crippen molar-refractivity contribution in [3.63, 3.8) is 0 Å². The normalized spacial score (nSPS) is 17.7. The van der Waals surface area contributed by atoms with Crippen molar-refractivity contribution in [1.82, 2.24) is 10.2 Å². The number of aromatic nitrogens is 2. The van der Waals surface area contributed by atoms with Crippen LogP contribution < -0.4 is 4.90 Å². The van der Waals surface area contributed by atoms with E-state index in [2.05, 4.69) is 17.1 Å². The Morgan fingerprint density at radius 3 is 2.33 bits per heavy atom. The molecule has 1 amide bonds. The quantitative estimate of drug-likeness (QED) is 0.0975. The molecule has 170 valence electrons. The number of anilines is 1. The third-order valence-corrected chi connectivity index (χ3v) is 7.72. The average molecular weight is 520 g/mol. The summed E-state index contributed by atoms with van der Waals surface area (Å²) in [6.07, 6.45) is 2.10. The fourth-order valence-corrected chi connectivity index (χ4v) is 5.69. The van der Waals surface area contributed by atoms with Crippen LogP contribution >= 0.6 is 46.3 Å². The van der Waals surface area contributed by atoms with Crippen molar-refractivity contribution in [3.05, 3.63) is 75.3 Å². The van der Waals surface area contributed by atoms with E-state index >= 15 is 0 Å². The Bertz CT molecular complexity index is 1210. The van der Waals surface area contributed by atoms with Crippen LogP contribution in [-0.2, 0) is 9.59 Å². The average Bonchev–Trinajstić information content (AvgIpc) is 3.37. The molecule has 2 heterocycles. The lowest BCUT2D eigenvalue weighted by Crippen LogP contribution is -2.29. The van der Waals surface area contributed by atoms with Crippen LogP contribution in [0.2, 0.25) is 10.0 Å². The van der Waals surface area contributed by atoms with Crippen molar-refractivity contribution < 1.29 is 14.7 Å². The monoisotopic (exact) mass is 519 g/mol.